The lowest BCUT2D eigenvalue weighted by Gasteiger charge is -2.49. The summed E-state index contributed by atoms with van der Waals surface area (Å²) in [5.41, 5.74) is -1.72. The lowest BCUT2D eigenvalue weighted by atomic mass is 9.86. The fourth-order valence-electron chi connectivity index (χ4n) is 2.99. The zero-order chi connectivity index (χ0) is 20.9. The number of hydrogen-bond donors (Lipinski definition) is 2. The molecule has 1 fully saturated rings. The first kappa shape index (κ1) is 22.8. The van der Waals surface area contributed by atoms with Crippen LogP contribution < -0.4 is 4.74 Å². The SMILES string of the molecule is CCO[C@H]1O[C@H](CO)[C@@](C)(O)[C@H](OC(=O)Oc2ccccc2)[C@H]1O[Si](C)(C)C. The first-order chi connectivity index (χ1) is 13.1. The van der Waals surface area contributed by atoms with Crippen LogP contribution in [-0.2, 0) is 18.6 Å². The van der Waals surface area contributed by atoms with Crippen molar-refractivity contribution in [1.29, 1.82) is 0 Å². The predicted molar refractivity (Wildman–Crippen MR) is 104 cm³/mol. The van der Waals surface area contributed by atoms with E-state index in [2.05, 4.69) is 0 Å². The standard InChI is InChI=1S/C19H30O8Si/c1-6-23-17-15(27-28(3,4)5)16(19(2,22)14(12-20)25-17)26-18(21)24-13-10-8-7-9-11-13/h7-11,14-17,20,22H,6,12H2,1-5H3/t14-,15-,16-,17+,19-/m1/s1. The highest BCUT2D eigenvalue weighted by Crippen LogP contribution is 2.35. The minimum Gasteiger partial charge on any atom is -0.425 e. The third kappa shape index (κ3) is 5.76. The Bertz CT molecular complexity index is 631. The Morgan fingerprint density at radius 1 is 1.25 bits per heavy atom. The number of ether oxygens (including phenoxy) is 4. The van der Waals surface area contributed by atoms with Crippen molar-refractivity contribution < 1.29 is 38.4 Å². The largest absolute Gasteiger partial charge is 0.514 e. The summed E-state index contributed by atoms with van der Waals surface area (Å²) in [7, 11) is -2.14. The third-order valence-corrected chi connectivity index (χ3v) is 5.23. The van der Waals surface area contributed by atoms with E-state index in [1.807, 2.05) is 19.6 Å². The van der Waals surface area contributed by atoms with E-state index in [0.29, 0.717) is 12.4 Å². The van der Waals surface area contributed by atoms with Crippen LogP contribution in [0.3, 0.4) is 0 Å². The molecule has 0 spiro atoms. The van der Waals surface area contributed by atoms with Crippen LogP contribution in [0.4, 0.5) is 4.79 Å². The van der Waals surface area contributed by atoms with Gasteiger partial charge in [0.1, 0.15) is 23.6 Å². The second-order valence-electron chi connectivity index (χ2n) is 7.76. The Balaban J connectivity index is 2.29. The van der Waals surface area contributed by atoms with E-state index < -0.39 is 51.3 Å². The second-order valence-corrected chi connectivity index (χ2v) is 12.2. The van der Waals surface area contributed by atoms with Crippen molar-refractivity contribution in [2.75, 3.05) is 13.2 Å². The Morgan fingerprint density at radius 2 is 1.89 bits per heavy atom. The molecule has 1 aliphatic rings. The highest BCUT2D eigenvalue weighted by Gasteiger charge is 2.57. The number of hydrogen-bond acceptors (Lipinski definition) is 8. The lowest BCUT2D eigenvalue weighted by molar-refractivity contribution is -0.323. The molecule has 1 aromatic carbocycles. The quantitative estimate of drug-likeness (QED) is 0.398. The number of rotatable bonds is 7. The molecule has 2 rings (SSSR count). The number of aliphatic hydroxyl groups excluding tert-OH is 1. The number of benzene rings is 1. The molecule has 0 aromatic heterocycles. The first-order valence-electron chi connectivity index (χ1n) is 9.30. The van der Waals surface area contributed by atoms with Crippen LogP contribution in [0.5, 0.6) is 5.75 Å². The van der Waals surface area contributed by atoms with Gasteiger partial charge in [-0.3, -0.25) is 0 Å². The summed E-state index contributed by atoms with van der Waals surface area (Å²) in [5.74, 6) is 0.307. The van der Waals surface area contributed by atoms with Crippen LogP contribution in [0.1, 0.15) is 13.8 Å². The summed E-state index contributed by atoms with van der Waals surface area (Å²) in [5, 5.41) is 20.7. The monoisotopic (exact) mass is 414 g/mol. The Hall–Kier alpha value is -1.49. The van der Waals surface area contributed by atoms with Crippen molar-refractivity contribution in [3.63, 3.8) is 0 Å². The van der Waals surface area contributed by atoms with Gasteiger partial charge in [-0.25, -0.2) is 4.79 Å². The van der Waals surface area contributed by atoms with E-state index in [0.717, 1.165) is 0 Å². The predicted octanol–water partition coefficient (Wildman–Crippen LogP) is 2.30. The van der Waals surface area contributed by atoms with Crippen molar-refractivity contribution in [2.24, 2.45) is 0 Å². The van der Waals surface area contributed by atoms with Gasteiger partial charge in [0.05, 0.1) is 6.61 Å². The minimum absolute atomic E-state index is 0.307. The Kier molecular flexibility index (Phi) is 7.60. The molecule has 9 heteroatoms. The van der Waals surface area contributed by atoms with Gasteiger partial charge in [-0.1, -0.05) is 18.2 Å². The van der Waals surface area contributed by atoms with Gasteiger partial charge < -0.3 is 33.6 Å². The first-order valence-corrected chi connectivity index (χ1v) is 12.7. The second kappa shape index (κ2) is 9.34. The van der Waals surface area contributed by atoms with E-state index >= 15 is 0 Å². The van der Waals surface area contributed by atoms with Gasteiger partial charge in [0.2, 0.25) is 0 Å². The molecule has 1 aliphatic heterocycles. The molecule has 0 amide bonds. The number of carbonyl (C=O) groups is 1. The summed E-state index contributed by atoms with van der Waals surface area (Å²) in [6.07, 6.45) is -4.98. The molecule has 5 atom stereocenters. The zero-order valence-electron chi connectivity index (χ0n) is 17.0. The van der Waals surface area contributed by atoms with Crippen LogP contribution in [0.25, 0.3) is 0 Å². The smallest absolute Gasteiger partial charge is 0.425 e. The van der Waals surface area contributed by atoms with Crippen LogP contribution >= 0.6 is 0 Å². The molecule has 1 aromatic rings. The molecule has 1 heterocycles. The lowest BCUT2D eigenvalue weighted by Crippen LogP contribution is -2.68. The van der Waals surface area contributed by atoms with Crippen molar-refractivity contribution in [2.45, 2.75) is 63.7 Å². The molecule has 0 saturated carbocycles. The molecule has 28 heavy (non-hydrogen) atoms. The Morgan fingerprint density at radius 3 is 2.43 bits per heavy atom. The van der Waals surface area contributed by atoms with Gasteiger partial charge in [0.15, 0.2) is 20.7 Å². The minimum atomic E-state index is -2.14. The van der Waals surface area contributed by atoms with E-state index in [-0.39, 0.29) is 0 Å². The van der Waals surface area contributed by atoms with Crippen LogP contribution in [0.2, 0.25) is 19.6 Å². The molecule has 0 bridgehead atoms. The molecule has 2 N–H and O–H groups in total. The fraction of sp³-hybridized carbons (Fsp3) is 0.632. The van der Waals surface area contributed by atoms with Crippen LogP contribution in [0, 0.1) is 0 Å². The van der Waals surface area contributed by atoms with E-state index in [1.165, 1.54) is 6.92 Å². The van der Waals surface area contributed by atoms with E-state index in [4.69, 9.17) is 23.4 Å². The maximum absolute atomic E-state index is 12.4. The average Bonchev–Trinajstić information content (AvgIpc) is 2.60. The number of carbonyl (C=O) groups excluding carboxylic acids is 1. The van der Waals surface area contributed by atoms with Gasteiger partial charge in [-0.15, -0.1) is 0 Å². The van der Waals surface area contributed by atoms with Crippen molar-refractivity contribution in [1.82, 2.24) is 0 Å². The molecule has 1 saturated heterocycles. The number of aliphatic hydroxyl groups is 2. The topological polar surface area (TPSA) is 104 Å². The van der Waals surface area contributed by atoms with Crippen molar-refractivity contribution >= 4 is 14.5 Å². The normalized spacial score (nSPS) is 30.7. The fourth-order valence-corrected chi connectivity index (χ4v) is 4.04. The summed E-state index contributed by atoms with van der Waals surface area (Å²) in [4.78, 5) is 12.4. The summed E-state index contributed by atoms with van der Waals surface area (Å²) in [6, 6.07) is 8.45. The molecule has 0 aliphatic carbocycles. The number of para-hydroxylation sites is 1. The molecule has 8 nitrogen and oxygen atoms in total. The van der Waals surface area contributed by atoms with Crippen LogP contribution in [-0.4, -0.2) is 68.1 Å². The Labute approximate surface area is 166 Å². The van der Waals surface area contributed by atoms with E-state index in [1.54, 1.807) is 37.3 Å². The molecule has 158 valence electrons. The highest BCUT2D eigenvalue weighted by atomic mass is 28.4. The van der Waals surface area contributed by atoms with Gasteiger partial charge >= 0.3 is 6.16 Å². The van der Waals surface area contributed by atoms with Crippen molar-refractivity contribution in [3.05, 3.63) is 30.3 Å². The highest BCUT2D eigenvalue weighted by molar-refractivity contribution is 6.69. The summed E-state index contributed by atoms with van der Waals surface area (Å²) in [6.45, 7) is 8.93. The van der Waals surface area contributed by atoms with Gasteiger partial charge in [-0.05, 0) is 45.6 Å². The summed E-state index contributed by atoms with van der Waals surface area (Å²) < 4.78 is 28.2. The zero-order valence-corrected chi connectivity index (χ0v) is 18.0. The summed E-state index contributed by atoms with van der Waals surface area (Å²) >= 11 is 0. The van der Waals surface area contributed by atoms with Crippen molar-refractivity contribution in [3.8, 4) is 5.75 Å². The van der Waals surface area contributed by atoms with Crippen LogP contribution in [0.15, 0.2) is 30.3 Å². The van der Waals surface area contributed by atoms with Gasteiger partial charge in [-0.2, -0.15) is 0 Å². The maximum atomic E-state index is 12.4. The molecular formula is C19H30O8Si. The molecule has 0 unspecified atom stereocenters. The van der Waals surface area contributed by atoms with Gasteiger partial charge in [0, 0.05) is 6.61 Å². The third-order valence-electron chi connectivity index (χ3n) is 4.25. The van der Waals surface area contributed by atoms with E-state index in [9.17, 15) is 15.0 Å². The molecular weight excluding hydrogens is 384 g/mol. The van der Waals surface area contributed by atoms with Gasteiger partial charge in [0.25, 0.3) is 0 Å². The average molecular weight is 415 g/mol. The maximum Gasteiger partial charge on any atom is 0.514 e. The molecule has 0 radical (unpaired) electrons.